The Hall–Kier alpha value is -2.78. The highest BCUT2D eigenvalue weighted by molar-refractivity contribution is 7.80. The van der Waals surface area contributed by atoms with Crippen LogP contribution < -0.4 is 21.7 Å². The SMILES string of the molecule is Cc1cccc(NC(=S)NNC(=O)CCn2cnc3sccc3c2=O)c1C. The number of thiophene rings is 1. The van der Waals surface area contributed by atoms with E-state index in [0.29, 0.717) is 10.2 Å². The molecule has 0 unspecified atom stereocenters. The fourth-order valence-electron chi connectivity index (χ4n) is 2.50. The van der Waals surface area contributed by atoms with Gasteiger partial charge in [0.05, 0.1) is 11.7 Å². The molecule has 1 amide bonds. The number of aryl methyl sites for hydroxylation is 2. The quantitative estimate of drug-likeness (QED) is 0.460. The number of carbonyl (C=O) groups is 1. The summed E-state index contributed by atoms with van der Waals surface area (Å²) < 4.78 is 1.43. The van der Waals surface area contributed by atoms with Crippen molar-refractivity contribution in [1.82, 2.24) is 20.4 Å². The van der Waals surface area contributed by atoms with Gasteiger partial charge in [0.1, 0.15) is 4.83 Å². The Morgan fingerprint density at radius 3 is 2.89 bits per heavy atom. The molecule has 27 heavy (non-hydrogen) atoms. The number of thiocarbonyl (C=S) groups is 1. The second-order valence-corrected chi connectivity index (χ2v) is 7.31. The summed E-state index contributed by atoms with van der Waals surface area (Å²) in [5, 5.41) is 5.73. The van der Waals surface area contributed by atoms with Crippen molar-refractivity contribution in [2.24, 2.45) is 0 Å². The Bertz CT molecular complexity index is 1060. The van der Waals surface area contributed by atoms with E-state index in [1.165, 1.54) is 22.2 Å². The first kappa shape index (κ1) is 19.0. The highest BCUT2D eigenvalue weighted by Gasteiger charge is 2.08. The fourth-order valence-corrected chi connectivity index (χ4v) is 3.39. The zero-order chi connectivity index (χ0) is 19.4. The molecule has 1 aromatic carbocycles. The summed E-state index contributed by atoms with van der Waals surface area (Å²) in [5.41, 5.74) is 8.17. The van der Waals surface area contributed by atoms with Gasteiger partial charge in [0.2, 0.25) is 5.91 Å². The molecule has 140 valence electrons. The highest BCUT2D eigenvalue weighted by Crippen LogP contribution is 2.17. The molecule has 3 N–H and O–H groups in total. The standard InChI is InChI=1S/C18H19N5O2S2/c1-11-4-3-5-14(12(11)2)20-18(26)22-21-15(24)6-8-23-10-19-16-13(17(23)25)7-9-27-16/h3-5,7,9-10H,6,8H2,1-2H3,(H,21,24)(H2,20,22,26). The first-order valence-corrected chi connectivity index (χ1v) is 9.59. The van der Waals surface area contributed by atoms with Gasteiger partial charge in [-0.1, -0.05) is 12.1 Å². The van der Waals surface area contributed by atoms with Gasteiger partial charge in [0.15, 0.2) is 5.11 Å². The molecular formula is C18H19N5O2S2. The van der Waals surface area contributed by atoms with Crippen LogP contribution in [-0.4, -0.2) is 20.6 Å². The third kappa shape index (κ3) is 4.50. The van der Waals surface area contributed by atoms with E-state index < -0.39 is 0 Å². The maximum absolute atomic E-state index is 12.3. The van der Waals surface area contributed by atoms with E-state index in [0.717, 1.165) is 16.8 Å². The van der Waals surface area contributed by atoms with E-state index in [9.17, 15) is 9.59 Å². The third-order valence-electron chi connectivity index (χ3n) is 4.20. The number of nitrogens with one attached hydrogen (secondary N) is 3. The first-order chi connectivity index (χ1) is 13.0. The number of aromatic nitrogens is 2. The van der Waals surface area contributed by atoms with Crippen molar-refractivity contribution in [3.8, 4) is 0 Å². The van der Waals surface area contributed by atoms with Crippen LogP contribution in [0.4, 0.5) is 5.69 Å². The number of rotatable bonds is 4. The van der Waals surface area contributed by atoms with Crippen LogP contribution in [0, 0.1) is 13.8 Å². The lowest BCUT2D eigenvalue weighted by molar-refractivity contribution is -0.121. The van der Waals surface area contributed by atoms with Gasteiger partial charge in [-0.25, -0.2) is 4.98 Å². The average Bonchev–Trinajstić information content (AvgIpc) is 3.13. The van der Waals surface area contributed by atoms with Crippen molar-refractivity contribution >= 4 is 50.5 Å². The monoisotopic (exact) mass is 401 g/mol. The van der Waals surface area contributed by atoms with E-state index in [1.807, 2.05) is 37.4 Å². The van der Waals surface area contributed by atoms with Gasteiger partial charge in [-0.15, -0.1) is 11.3 Å². The van der Waals surface area contributed by atoms with Crippen LogP contribution in [0.15, 0.2) is 40.8 Å². The predicted molar refractivity (Wildman–Crippen MR) is 112 cm³/mol. The van der Waals surface area contributed by atoms with Crippen LogP contribution in [0.1, 0.15) is 17.5 Å². The minimum absolute atomic E-state index is 0.121. The molecule has 0 saturated carbocycles. The zero-order valence-corrected chi connectivity index (χ0v) is 16.5. The smallest absolute Gasteiger partial charge is 0.262 e. The molecule has 0 spiro atoms. The van der Waals surface area contributed by atoms with Crippen molar-refractivity contribution < 1.29 is 4.79 Å². The summed E-state index contributed by atoms with van der Waals surface area (Å²) in [4.78, 5) is 29.2. The molecule has 0 radical (unpaired) electrons. The third-order valence-corrected chi connectivity index (χ3v) is 5.22. The fraction of sp³-hybridized carbons (Fsp3) is 0.222. The van der Waals surface area contributed by atoms with Crippen LogP contribution in [-0.2, 0) is 11.3 Å². The molecule has 0 bridgehead atoms. The maximum Gasteiger partial charge on any atom is 0.262 e. The lowest BCUT2D eigenvalue weighted by atomic mass is 10.1. The Kier molecular flexibility index (Phi) is 5.82. The van der Waals surface area contributed by atoms with Crippen molar-refractivity contribution in [2.75, 3.05) is 5.32 Å². The number of carbonyl (C=O) groups excluding carboxylic acids is 1. The lowest BCUT2D eigenvalue weighted by Gasteiger charge is -2.14. The van der Waals surface area contributed by atoms with Crippen molar-refractivity contribution in [2.45, 2.75) is 26.8 Å². The summed E-state index contributed by atoms with van der Waals surface area (Å²) in [5.74, 6) is -0.280. The second kappa shape index (κ2) is 8.28. The van der Waals surface area contributed by atoms with E-state index in [-0.39, 0.29) is 29.5 Å². The van der Waals surface area contributed by atoms with Gasteiger partial charge in [0.25, 0.3) is 5.56 Å². The van der Waals surface area contributed by atoms with Gasteiger partial charge in [0, 0.05) is 18.7 Å². The lowest BCUT2D eigenvalue weighted by Crippen LogP contribution is -2.44. The maximum atomic E-state index is 12.3. The Morgan fingerprint density at radius 1 is 1.26 bits per heavy atom. The van der Waals surface area contributed by atoms with Gasteiger partial charge in [-0.3, -0.25) is 25.0 Å². The van der Waals surface area contributed by atoms with E-state index in [2.05, 4.69) is 21.2 Å². The topological polar surface area (TPSA) is 88.0 Å². The van der Waals surface area contributed by atoms with E-state index in [4.69, 9.17) is 12.2 Å². The molecule has 0 atom stereocenters. The molecule has 3 aromatic rings. The Balaban J connectivity index is 1.50. The molecule has 0 aliphatic heterocycles. The van der Waals surface area contributed by atoms with Gasteiger partial charge in [-0.05, 0) is 54.7 Å². The summed E-state index contributed by atoms with van der Waals surface area (Å²) in [6.45, 7) is 4.25. The molecule has 0 fully saturated rings. The number of nitrogens with zero attached hydrogens (tertiary/aromatic N) is 2. The van der Waals surface area contributed by atoms with Crippen molar-refractivity contribution in [3.63, 3.8) is 0 Å². The summed E-state index contributed by atoms with van der Waals surface area (Å²) >= 11 is 6.61. The molecule has 0 saturated heterocycles. The molecule has 3 rings (SSSR count). The van der Waals surface area contributed by atoms with Crippen LogP contribution in [0.3, 0.4) is 0 Å². The van der Waals surface area contributed by atoms with Gasteiger partial charge in [-0.2, -0.15) is 0 Å². The Morgan fingerprint density at radius 2 is 2.07 bits per heavy atom. The van der Waals surface area contributed by atoms with Crippen LogP contribution in [0.25, 0.3) is 10.2 Å². The average molecular weight is 402 g/mol. The summed E-state index contributed by atoms with van der Waals surface area (Å²) in [7, 11) is 0. The highest BCUT2D eigenvalue weighted by atomic mass is 32.1. The molecule has 0 aliphatic rings. The first-order valence-electron chi connectivity index (χ1n) is 8.30. The van der Waals surface area contributed by atoms with Gasteiger partial charge >= 0.3 is 0 Å². The molecular weight excluding hydrogens is 382 g/mol. The van der Waals surface area contributed by atoms with Crippen LogP contribution in [0.2, 0.25) is 0 Å². The Labute approximate surface area is 165 Å². The number of fused-ring (bicyclic) bond motifs is 1. The normalized spacial score (nSPS) is 10.6. The largest absolute Gasteiger partial charge is 0.331 e. The number of benzene rings is 1. The predicted octanol–water partition coefficient (Wildman–Crippen LogP) is 2.48. The molecule has 2 aromatic heterocycles. The summed E-state index contributed by atoms with van der Waals surface area (Å²) in [6, 6.07) is 7.61. The van der Waals surface area contributed by atoms with Crippen LogP contribution >= 0.6 is 23.6 Å². The number of hydrazine groups is 1. The molecule has 7 nitrogen and oxygen atoms in total. The number of anilines is 1. The summed E-state index contributed by atoms with van der Waals surface area (Å²) in [6.07, 6.45) is 1.59. The number of hydrogen-bond donors (Lipinski definition) is 3. The molecule has 2 heterocycles. The molecule has 9 heteroatoms. The van der Waals surface area contributed by atoms with Gasteiger partial charge < -0.3 is 5.32 Å². The van der Waals surface area contributed by atoms with E-state index >= 15 is 0 Å². The number of amides is 1. The zero-order valence-electron chi connectivity index (χ0n) is 14.9. The molecule has 0 aliphatic carbocycles. The minimum atomic E-state index is -0.280. The van der Waals surface area contributed by atoms with Crippen molar-refractivity contribution in [1.29, 1.82) is 0 Å². The van der Waals surface area contributed by atoms with Crippen LogP contribution in [0.5, 0.6) is 0 Å². The second-order valence-electron chi connectivity index (χ2n) is 6.01. The van der Waals surface area contributed by atoms with E-state index in [1.54, 1.807) is 6.07 Å². The number of hydrogen-bond acceptors (Lipinski definition) is 5. The minimum Gasteiger partial charge on any atom is -0.331 e. The van der Waals surface area contributed by atoms with Crippen molar-refractivity contribution in [3.05, 3.63) is 57.5 Å².